The number of aromatic nitrogens is 4. The molecule has 2 aromatic heterocycles. The molecule has 2 aliphatic heterocycles. The van der Waals surface area contributed by atoms with Crippen LogP contribution < -0.4 is 10.0 Å². The highest BCUT2D eigenvalue weighted by atomic mass is 32.2. The van der Waals surface area contributed by atoms with Crippen LogP contribution in [0.4, 0.5) is 11.6 Å². The number of imidazole rings is 1. The van der Waals surface area contributed by atoms with E-state index < -0.39 is 10.0 Å². The van der Waals surface area contributed by atoms with Crippen molar-refractivity contribution in [1.82, 2.24) is 29.6 Å². The van der Waals surface area contributed by atoms with Crippen LogP contribution in [0.3, 0.4) is 0 Å². The first-order valence-electron chi connectivity index (χ1n) is 12.4. The molecule has 1 aromatic carbocycles. The van der Waals surface area contributed by atoms with E-state index in [4.69, 9.17) is 4.74 Å². The number of nitrogens with one attached hydrogen (secondary N) is 3. The van der Waals surface area contributed by atoms with E-state index in [0.717, 1.165) is 62.6 Å². The van der Waals surface area contributed by atoms with Crippen molar-refractivity contribution in [2.24, 2.45) is 0 Å². The minimum atomic E-state index is -3.57. The maximum atomic E-state index is 12.8. The topological polar surface area (TPSA) is 125 Å². The van der Waals surface area contributed by atoms with Crippen molar-refractivity contribution in [3.05, 3.63) is 48.5 Å². The number of hydrogen-bond acceptors (Lipinski definition) is 8. The van der Waals surface area contributed by atoms with Crippen LogP contribution in [-0.2, 0) is 14.8 Å². The molecule has 192 valence electrons. The van der Waals surface area contributed by atoms with Crippen LogP contribution in [0.5, 0.6) is 0 Å². The molecule has 4 heterocycles. The van der Waals surface area contributed by atoms with Crippen molar-refractivity contribution < 1.29 is 13.2 Å². The molecular weight excluding hydrogens is 478 g/mol. The summed E-state index contributed by atoms with van der Waals surface area (Å²) in [7, 11) is -1.52. The minimum Gasteiger partial charge on any atom is -0.378 e. The Morgan fingerprint density at radius 2 is 1.86 bits per heavy atom. The lowest BCUT2D eigenvalue weighted by atomic mass is 9.96. The molecule has 2 atom stereocenters. The van der Waals surface area contributed by atoms with Crippen molar-refractivity contribution in [3.63, 3.8) is 0 Å². The third-order valence-electron chi connectivity index (χ3n) is 6.86. The molecule has 0 amide bonds. The summed E-state index contributed by atoms with van der Waals surface area (Å²) in [5.74, 6) is 1.73. The summed E-state index contributed by atoms with van der Waals surface area (Å²) in [4.78, 5) is 19.4. The molecule has 3 aromatic rings. The minimum absolute atomic E-state index is 0.0296. The fourth-order valence-electron chi connectivity index (χ4n) is 4.75. The van der Waals surface area contributed by atoms with E-state index in [1.165, 1.54) is 0 Å². The normalized spacial score (nSPS) is 21.9. The molecule has 2 aliphatic rings. The van der Waals surface area contributed by atoms with Crippen LogP contribution in [0.25, 0.3) is 11.4 Å². The van der Waals surface area contributed by atoms with E-state index in [2.05, 4.69) is 48.8 Å². The summed E-state index contributed by atoms with van der Waals surface area (Å²) in [5, 5.41) is 3.16. The van der Waals surface area contributed by atoms with Gasteiger partial charge in [-0.2, -0.15) is 0 Å². The Hall–Kier alpha value is -2.86. The number of benzene rings is 1. The van der Waals surface area contributed by atoms with Gasteiger partial charge in [0.15, 0.2) is 0 Å². The predicted octanol–water partition coefficient (Wildman–Crippen LogP) is 3.27. The number of anilines is 2. The van der Waals surface area contributed by atoms with Gasteiger partial charge in [0.1, 0.15) is 5.82 Å². The number of likely N-dealkylation sites (tertiary alicyclic amines) is 1. The van der Waals surface area contributed by atoms with Crippen LogP contribution in [0.2, 0.25) is 0 Å². The van der Waals surface area contributed by atoms with Crippen molar-refractivity contribution in [2.45, 2.75) is 55.6 Å². The standard InChI is InChI=1S/C25H33N7O3S/c1-17-15-18(10-14-35-17)24-27-16-23(29-24)22-7-11-26-25(30-22)28-19-3-5-21(6-4-19)36(33,34)31-20-8-12-32(2)13-9-20/h3-7,11,16-18,20,31H,8-10,12-15H2,1-2H3,(H,27,29)(H,26,28,30). The molecule has 2 saturated heterocycles. The van der Waals surface area contributed by atoms with Gasteiger partial charge >= 0.3 is 0 Å². The van der Waals surface area contributed by atoms with Crippen LogP contribution in [-0.4, -0.2) is 72.1 Å². The second-order valence-electron chi connectivity index (χ2n) is 9.70. The summed E-state index contributed by atoms with van der Waals surface area (Å²) in [5.41, 5.74) is 2.26. The molecule has 36 heavy (non-hydrogen) atoms. The highest BCUT2D eigenvalue weighted by Crippen LogP contribution is 2.29. The maximum Gasteiger partial charge on any atom is 0.240 e. The average Bonchev–Trinajstić information content (AvgIpc) is 3.37. The zero-order valence-corrected chi connectivity index (χ0v) is 21.5. The number of aromatic amines is 1. The first-order valence-corrected chi connectivity index (χ1v) is 13.9. The molecule has 0 radical (unpaired) electrons. The number of ether oxygens (including phenoxy) is 1. The van der Waals surface area contributed by atoms with Gasteiger partial charge in [-0.25, -0.2) is 28.1 Å². The number of hydrogen-bond donors (Lipinski definition) is 3. The first-order chi connectivity index (χ1) is 17.4. The van der Waals surface area contributed by atoms with Gasteiger partial charge in [0.05, 0.1) is 28.6 Å². The van der Waals surface area contributed by atoms with Crippen LogP contribution in [0.1, 0.15) is 44.3 Å². The second-order valence-corrected chi connectivity index (χ2v) is 11.4. The summed E-state index contributed by atoms with van der Waals surface area (Å²) < 4.78 is 34.1. The second kappa shape index (κ2) is 10.6. The molecule has 2 fully saturated rings. The Morgan fingerprint density at radius 1 is 1.08 bits per heavy atom. The molecular formula is C25H33N7O3S. The van der Waals surface area contributed by atoms with Gasteiger partial charge in [-0.15, -0.1) is 0 Å². The SMILES string of the molecule is CC1CC(c2ncc(-c3ccnc(Nc4ccc(S(=O)(=O)NC5CCN(C)CC5)cc4)n3)[nH]2)CCO1. The van der Waals surface area contributed by atoms with E-state index >= 15 is 0 Å². The zero-order chi connectivity index (χ0) is 25.1. The molecule has 0 saturated carbocycles. The average molecular weight is 512 g/mol. The highest BCUT2D eigenvalue weighted by Gasteiger charge is 2.24. The molecule has 0 bridgehead atoms. The number of nitrogens with zero attached hydrogens (tertiary/aromatic N) is 4. The number of rotatable bonds is 7. The lowest BCUT2D eigenvalue weighted by molar-refractivity contribution is 0.0174. The van der Waals surface area contributed by atoms with Gasteiger partial charge in [-0.3, -0.25) is 0 Å². The van der Waals surface area contributed by atoms with Gasteiger partial charge in [0, 0.05) is 30.5 Å². The van der Waals surface area contributed by atoms with Gasteiger partial charge in [-0.1, -0.05) is 0 Å². The van der Waals surface area contributed by atoms with Crippen molar-refractivity contribution >= 4 is 21.7 Å². The Kier molecular flexibility index (Phi) is 7.33. The summed E-state index contributed by atoms with van der Waals surface area (Å²) in [6.45, 7) is 4.62. The Morgan fingerprint density at radius 3 is 2.61 bits per heavy atom. The highest BCUT2D eigenvalue weighted by molar-refractivity contribution is 7.89. The molecule has 5 rings (SSSR count). The first kappa shape index (κ1) is 24.8. The number of piperidine rings is 1. The monoisotopic (exact) mass is 511 g/mol. The zero-order valence-electron chi connectivity index (χ0n) is 20.6. The van der Waals surface area contributed by atoms with E-state index in [-0.39, 0.29) is 17.0 Å². The number of H-pyrrole nitrogens is 1. The van der Waals surface area contributed by atoms with Gasteiger partial charge in [0.25, 0.3) is 0 Å². The van der Waals surface area contributed by atoms with Crippen molar-refractivity contribution in [2.75, 3.05) is 32.1 Å². The van der Waals surface area contributed by atoms with E-state index in [0.29, 0.717) is 17.6 Å². The van der Waals surface area contributed by atoms with Crippen molar-refractivity contribution in [1.29, 1.82) is 0 Å². The molecule has 0 aliphatic carbocycles. The maximum absolute atomic E-state index is 12.8. The van der Waals surface area contributed by atoms with Crippen LogP contribution in [0, 0.1) is 0 Å². The van der Waals surface area contributed by atoms with Gasteiger partial charge in [0.2, 0.25) is 16.0 Å². The summed E-state index contributed by atoms with van der Waals surface area (Å²) in [6.07, 6.45) is 7.25. The predicted molar refractivity (Wildman–Crippen MR) is 138 cm³/mol. The van der Waals surface area contributed by atoms with E-state index in [1.54, 1.807) is 36.7 Å². The lowest BCUT2D eigenvalue weighted by Gasteiger charge is -2.29. The van der Waals surface area contributed by atoms with Crippen LogP contribution in [0.15, 0.2) is 47.6 Å². The van der Waals surface area contributed by atoms with E-state index in [9.17, 15) is 8.42 Å². The van der Waals surface area contributed by atoms with Crippen LogP contribution >= 0.6 is 0 Å². The Bertz CT molecular complexity index is 1270. The molecule has 2 unspecified atom stereocenters. The lowest BCUT2D eigenvalue weighted by Crippen LogP contribution is -2.43. The molecule has 0 spiro atoms. The fraction of sp³-hybridized carbons (Fsp3) is 0.480. The van der Waals surface area contributed by atoms with Crippen molar-refractivity contribution in [3.8, 4) is 11.4 Å². The fourth-order valence-corrected chi connectivity index (χ4v) is 6.06. The Balaban J connectivity index is 1.24. The third-order valence-corrected chi connectivity index (χ3v) is 8.40. The molecule has 10 nitrogen and oxygen atoms in total. The number of sulfonamides is 1. The van der Waals surface area contributed by atoms with Gasteiger partial charge in [-0.05, 0) is 83.1 Å². The Labute approximate surface area is 212 Å². The third kappa shape index (κ3) is 5.92. The molecule has 11 heteroatoms. The molecule has 3 N–H and O–H groups in total. The van der Waals surface area contributed by atoms with E-state index in [1.807, 2.05) is 6.07 Å². The summed E-state index contributed by atoms with van der Waals surface area (Å²) >= 11 is 0. The smallest absolute Gasteiger partial charge is 0.240 e. The summed E-state index contributed by atoms with van der Waals surface area (Å²) in [6, 6.07) is 8.44. The van der Waals surface area contributed by atoms with Gasteiger partial charge < -0.3 is 19.9 Å². The quantitative estimate of drug-likeness (QED) is 0.441. The largest absolute Gasteiger partial charge is 0.378 e.